The number of amides is 4. The molecular weight excluding hydrogens is 464 g/mol. The first-order valence-electron chi connectivity index (χ1n) is 13.6. The molecule has 1 aliphatic heterocycles. The number of anilines is 1. The average molecular weight is 499 g/mol. The second-order valence-electron chi connectivity index (χ2n) is 11.6. The Morgan fingerprint density at radius 3 is 2.11 bits per heavy atom. The van der Waals surface area contributed by atoms with Gasteiger partial charge in [0.15, 0.2) is 0 Å². The number of carbonyl (C=O) groups excluding carboxylic acids is 3. The lowest BCUT2D eigenvalue weighted by Crippen LogP contribution is -2.54. The van der Waals surface area contributed by atoms with Crippen LogP contribution in [0.15, 0.2) is 54.1 Å². The third-order valence-electron chi connectivity index (χ3n) is 8.98. The molecule has 1 saturated heterocycles. The molecule has 4 aliphatic carbocycles. The van der Waals surface area contributed by atoms with E-state index in [1.54, 1.807) is 12.1 Å². The molecule has 6 heteroatoms. The van der Waals surface area contributed by atoms with E-state index in [1.165, 1.54) is 50.2 Å². The molecule has 0 aromatic heterocycles. The van der Waals surface area contributed by atoms with Gasteiger partial charge in [-0.2, -0.15) is 0 Å². The van der Waals surface area contributed by atoms with Crippen LogP contribution in [0.4, 0.5) is 10.5 Å². The Morgan fingerprint density at radius 2 is 1.54 bits per heavy atom. The van der Waals surface area contributed by atoms with E-state index in [-0.39, 0.29) is 17.1 Å². The highest BCUT2D eigenvalue weighted by Crippen LogP contribution is 2.60. The number of barbiturate groups is 1. The number of nitrogens with zero attached hydrogens (tertiary/aromatic N) is 1. The van der Waals surface area contributed by atoms with Crippen LogP contribution in [0, 0.1) is 17.8 Å². The zero-order valence-corrected chi connectivity index (χ0v) is 21.5. The van der Waals surface area contributed by atoms with Gasteiger partial charge >= 0.3 is 6.03 Å². The minimum Gasteiger partial charge on any atom is -0.491 e. The molecule has 5 fully saturated rings. The number of imide groups is 2. The standard InChI is InChI=1S/C31H34N2O4/c1-3-19(2)37-26-10-4-20(5-11-26)15-27-28(34)32-30(36)33(29(27)35)25-8-6-24(7-9-25)31-16-21-12-22(17-31)14-23(13-21)18-31/h4-11,15,19,21-23H,3,12-14,16-18H2,1-2H3,(H,32,34,36)/b27-15+/t19-,21?,22?,23?,31?/m0/s1. The van der Waals surface area contributed by atoms with Gasteiger partial charge in [-0.15, -0.1) is 0 Å². The largest absolute Gasteiger partial charge is 0.491 e. The van der Waals surface area contributed by atoms with E-state index in [0.717, 1.165) is 34.8 Å². The van der Waals surface area contributed by atoms with E-state index in [0.29, 0.717) is 11.3 Å². The topological polar surface area (TPSA) is 75.7 Å². The molecule has 1 N–H and O–H groups in total. The van der Waals surface area contributed by atoms with Crippen molar-refractivity contribution < 1.29 is 19.1 Å². The summed E-state index contributed by atoms with van der Waals surface area (Å²) in [7, 11) is 0. The lowest BCUT2D eigenvalue weighted by atomic mass is 9.48. The second-order valence-corrected chi connectivity index (χ2v) is 11.6. The molecule has 0 radical (unpaired) electrons. The predicted molar refractivity (Wildman–Crippen MR) is 142 cm³/mol. The van der Waals surface area contributed by atoms with Gasteiger partial charge in [-0.25, -0.2) is 9.69 Å². The minimum atomic E-state index is -0.716. The molecule has 2 aromatic rings. The van der Waals surface area contributed by atoms with Crippen molar-refractivity contribution in [1.29, 1.82) is 0 Å². The second kappa shape index (κ2) is 9.16. The lowest BCUT2D eigenvalue weighted by molar-refractivity contribution is -0.122. The van der Waals surface area contributed by atoms with E-state index in [9.17, 15) is 14.4 Å². The highest BCUT2D eigenvalue weighted by molar-refractivity contribution is 6.39. The summed E-state index contributed by atoms with van der Waals surface area (Å²) in [6.45, 7) is 4.06. The van der Waals surface area contributed by atoms with Crippen LogP contribution in [0.2, 0.25) is 0 Å². The van der Waals surface area contributed by atoms with Crippen molar-refractivity contribution in [3.05, 3.63) is 65.2 Å². The van der Waals surface area contributed by atoms with E-state index in [4.69, 9.17) is 4.74 Å². The number of rotatable bonds is 6. The molecule has 7 rings (SSSR count). The first-order chi connectivity index (χ1) is 17.8. The van der Waals surface area contributed by atoms with Crippen molar-refractivity contribution in [2.75, 3.05) is 4.90 Å². The van der Waals surface area contributed by atoms with Gasteiger partial charge in [0.1, 0.15) is 11.3 Å². The van der Waals surface area contributed by atoms with Gasteiger partial charge in [0.25, 0.3) is 11.8 Å². The summed E-state index contributed by atoms with van der Waals surface area (Å²) < 4.78 is 5.81. The molecule has 1 heterocycles. The predicted octanol–water partition coefficient (Wildman–Crippen LogP) is 6.00. The maximum Gasteiger partial charge on any atom is 0.335 e. The van der Waals surface area contributed by atoms with E-state index < -0.39 is 17.8 Å². The van der Waals surface area contributed by atoms with Crippen LogP contribution < -0.4 is 15.0 Å². The minimum absolute atomic E-state index is 0.0691. The van der Waals surface area contributed by atoms with Crippen molar-refractivity contribution in [2.45, 2.75) is 70.3 Å². The fraction of sp³-hybridized carbons (Fsp3) is 0.452. The first kappa shape index (κ1) is 24.0. The molecule has 6 nitrogen and oxygen atoms in total. The summed E-state index contributed by atoms with van der Waals surface area (Å²) in [5.74, 6) is 1.96. The zero-order chi connectivity index (χ0) is 25.7. The van der Waals surface area contributed by atoms with Gasteiger partial charge in [0.2, 0.25) is 0 Å². The van der Waals surface area contributed by atoms with E-state index in [2.05, 4.69) is 24.4 Å². The summed E-state index contributed by atoms with van der Waals surface area (Å²) in [5.41, 5.74) is 2.66. The Hall–Kier alpha value is -3.41. The Kier molecular flexibility index (Phi) is 5.93. The van der Waals surface area contributed by atoms with Crippen LogP contribution in [0.5, 0.6) is 5.75 Å². The van der Waals surface area contributed by atoms with Gasteiger partial charge in [0, 0.05) is 0 Å². The van der Waals surface area contributed by atoms with Crippen molar-refractivity contribution in [3.63, 3.8) is 0 Å². The van der Waals surface area contributed by atoms with Crippen LogP contribution in [0.3, 0.4) is 0 Å². The third-order valence-corrected chi connectivity index (χ3v) is 8.98. The van der Waals surface area contributed by atoms with Crippen LogP contribution in [-0.4, -0.2) is 23.9 Å². The van der Waals surface area contributed by atoms with E-state index >= 15 is 0 Å². The third kappa shape index (κ3) is 4.36. The molecule has 5 aliphatic rings. The van der Waals surface area contributed by atoms with Gasteiger partial charge in [-0.3, -0.25) is 14.9 Å². The Balaban J connectivity index is 1.23. The van der Waals surface area contributed by atoms with Crippen molar-refractivity contribution in [3.8, 4) is 5.75 Å². The zero-order valence-electron chi connectivity index (χ0n) is 21.5. The van der Waals surface area contributed by atoms with Crippen LogP contribution in [-0.2, 0) is 15.0 Å². The number of ether oxygens (including phenoxy) is 1. The quantitative estimate of drug-likeness (QED) is 0.392. The number of urea groups is 1. The molecule has 4 bridgehead atoms. The van der Waals surface area contributed by atoms with Gasteiger partial charge in [-0.1, -0.05) is 31.2 Å². The van der Waals surface area contributed by atoms with Crippen molar-refractivity contribution in [1.82, 2.24) is 5.32 Å². The average Bonchev–Trinajstić information content (AvgIpc) is 2.87. The fourth-order valence-corrected chi connectivity index (χ4v) is 7.45. The molecular formula is C31H34N2O4. The summed E-state index contributed by atoms with van der Waals surface area (Å²) in [5, 5.41) is 2.33. The number of hydrogen-bond donors (Lipinski definition) is 1. The Labute approximate surface area is 218 Å². The fourth-order valence-electron chi connectivity index (χ4n) is 7.45. The highest BCUT2D eigenvalue weighted by atomic mass is 16.5. The van der Waals surface area contributed by atoms with Gasteiger partial charge in [0.05, 0.1) is 11.8 Å². The van der Waals surface area contributed by atoms with Gasteiger partial charge in [-0.05, 0) is 117 Å². The highest BCUT2D eigenvalue weighted by Gasteiger charge is 2.51. The van der Waals surface area contributed by atoms with Crippen LogP contribution >= 0.6 is 0 Å². The smallest absolute Gasteiger partial charge is 0.335 e. The normalized spacial score (nSPS) is 30.5. The molecule has 4 saturated carbocycles. The summed E-state index contributed by atoms with van der Waals surface area (Å²) in [6.07, 6.45) is 10.4. The van der Waals surface area contributed by atoms with Crippen LogP contribution in [0.25, 0.3) is 6.08 Å². The van der Waals surface area contributed by atoms with E-state index in [1.807, 2.05) is 31.2 Å². The SMILES string of the molecule is CC[C@H](C)Oc1ccc(/C=C2\C(=O)NC(=O)N(c3ccc(C45CC6CC(CC(C6)C4)C5)cc3)C2=O)cc1. The molecule has 0 unspecified atom stereocenters. The molecule has 1 atom stereocenters. The molecule has 0 spiro atoms. The van der Waals surface area contributed by atoms with Crippen molar-refractivity contribution in [2.24, 2.45) is 17.8 Å². The van der Waals surface area contributed by atoms with Crippen LogP contribution in [0.1, 0.15) is 69.9 Å². The summed E-state index contributed by atoms with van der Waals surface area (Å²) >= 11 is 0. The molecule has 192 valence electrons. The Bertz CT molecular complexity index is 1230. The number of hydrogen-bond acceptors (Lipinski definition) is 4. The Morgan fingerprint density at radius 1 is 0.946 bits per heavy atom. The summed E-state index contributed by atoms with van der Waals surface area (Å²) in [4.78, 5) is 39.7. The maximum atomic E-state index is 13.4. The molecule has 2 aromatic carbocycles. The molecule has 4 amide bonds. The number of nitrogens with one attached hydrogen (secondary N) is 1. The monoisotopic (exact) mass is 498 g/mol. The first-order valence-corrected chi connectivity index (χ1v) is 13.6. The maximum absolute atomic E-state index is 13.4. The van der Waals surface area contributed by atoms with Crippen molar-refractivity contribution >= 4 is 29.6 Å². The van der Waals surface area contributed by atoms with Gasteiger partial charge < -0.3 is 4.74 Å². The number of carbonyl (C=O) groups is 3. The molecule has 37 heavy (non-hydrogen) atoms. The number of benzene rings is 2. The lowest BCUT2D eigenvalue weighted by Gasteiger charge is -2.57. The summed E-state index contributed by atoms with van der Waals surface area (Å²) in [6, 6.07) is 14.4.